The molecule has 0 unspecified atom stereocenters. The Morgan fingerprint density at radius 2 is 1.47 bits per heavy atom. The normalized spacial score (nSPS) is 12.9. The second kappa shape index (κ2) is 13.9. The van der Waals surface area contributed by atoms with E-state index in [4.69, 9.17) is 0 Å². The molecule has 0 bridgehead atoms. The van der Waals surface area contributed by atoms with Crippen LogP contribution in [0.3, 0.4) is 0 Å². The molecule has 45 heavy (non-hydrogen) atoms. The van der Waals surface area contributed by atoms with Crippen LogP contribution in [0.25, 0.3) is 32.8 Å². The molecule has 1 heterocycles. The number of aromatic nitrogens is 1. The average Bonchev–Trinajstić information content (AvgIpc) is 3.39. The second-order valence-corrected chi connectivity index (χ2v) is 12.1. The summed E-state index contributed by atoms with van der Waals surface area (Å²) in [6.07, 6.45) is 3.86. The van der Waals surface area contributed by atoms with Crippen molar-refractivity contribution in [2.24, 2.45) is 7.05 Å². The van der Waals surface area contributed by atoms with Gasteiger partial charge >= 0.3 is 0 Å². The van der Waals surface area contributed by atoms with Crippen molar-refractivity contribution >= 4 is 27.6 Å². The summed E-state index contributed by atoms with van der Waals surface area (Å²) in [5.41, 5.74) is 6.67. The number of rotatable bonds is 12. The molecule has 2 atom stereocenters. The highest BCUT2D eigenvalue weighted by Crippen LogP contribution is 2.24. The lowest BCUT2D eigenvalue weighted by Gasteiger charge is -2.32. The van der Waals surface area contributed by atoms with Gasteiger partial charge in [-0.1, -0.05) is 103 Å². The standard InChI is InChI=1S/C40H42N4O/c1-41-26-37(24-29-17-18-31-13-7-8-14-34(31)23-29)43(2)28-36(25-35-27-44(3)39-16-10-9-15-38(35)39)42-40(45)33-21-19-32(20-22-33)30-11-5-4-6-12-30/h4-23,27,36-37,41H,24-26,28H2,1-3H3,(H,42,45)/t36-,37+/m1/s1. The minimum absolute atomic E-state index is 0.0482. The predicted octanol–water partition coefficient (Wildman–Crippen LogP) is 7.10. The molecule has 0 saturated heterocycles. The summed E-state index contributed by atoms with van der Waals surface area (Å²) < 4.78 is 2.18. The molecular formula is C40H42N4O. The molecule has 228 valence electrons. The molecule has 0 aliphatic rings. The number of likely N-dealkylation sites (N-methyl/N-ethyl adjacent to an activating group) is 2. The van der Waals surface area contributed by atoms with E-state index < -0.39 is 0 Å². The van der Waals surface area contributed by atoms with Crippen LogP contribution in [0.2, 0.25) is 0 Å². The Labute approximate surface area is 266 Å². The van der Waals surface area contributed by atoms with Gasteiger partial charge in [-0.05, 0) is 78.2 Å². The Bertz CT molecular complexity index is 1880. The molecule has 1 aromatic heterocycles. The molecule has 1 amide bonds. The van der Waals surface area contributed by atoms with Crippen molar-refractivity contribution < 1.29 is 4.79 Å². The van der Waals surface area contributed by atoms with E-state index in [-0.39, 0.29) is 18.0 Å². The Hall–Kier alpha value is -4.71. The summed E-state index contributed by atoms with van der Waals surface area (Å²) in [6.45, 7) is 1.57. The van der Waals surface area contributed by atoms with Gasteiger partial charge in [0.1, 0.15) is 0 Å². The van der Waals surface area contributed by atoms with Gasteiger partial charge in [-0.25, -0.2) is 0 Å². The summed E-state index contributed by atoms with van der Waals surface area (Å²) >= 11 is 0. The van der Waals surface area contributed by atoms with E-state index in [2.05, 4.69) is 119 Å². The van der Waals surface area contributed by atoms with Crippen LogP contribution in [0.1, 0.15) is 21.5 Å². The quantitative estimate of drug-likeness (QED) is 0.159. The van der Waals surface area contributed by atoms with Gasteiger partial charge < -0.3 is 15.2 Å². The molecule has 0 aliphatic heterocycles. The number of hydrogen-bond acceptors (Lipinski definition) is 3. The van der Waals surface area contributed by atoms with E-state index in [1.165, 1.54) is 32.8 Å². The largest absolute Gasteiger partial charge is 0.350 e. The molecule has 0 spiro atoms. The summed E-state index contributed by atoms with van der Waals surface area (Å²) in [5, 5.41) is 10.6. The van der Waals surface area contributed by atoms with Gasteiger partial charge in [0.15, 0.2) is 0 Å². The molecule has 0 fully saturated rings. The average molecular weight is 595 g/mol. The number of nitrogens with zero attached hydrogens (tertiary/aromatic N) is 2. The Morgan fingerprint density at radius 1 is 0.778 bits per heavy atom. The van der Waals surface area contributed by atoms with E-state index >= 15 is 0 Å². The fraction of sp³-hybridized carbons (Fsp3) is 0.225. The van der Waals surface area contributed by atoms with Crippen LogP contribution in [-0.4, -0.2) is 54.6 Å². The molecule has 6 rings (SSSR count). The van der Waals surface area contributed by atoms with Gasteiger partial charge in [0.2, 0.25) is 0 Å². The number of amides is 1. The molecule has 0 aliphatic carbocycles. The SMILES string of the molecule is CNC[C@H](Cc1ccc2ccccc2c1)N(C)C[C@@H](Cc1cn(C)c2ccccc12)NC(=O)c1ccc(-c2ccccc2)cc1. The zero-order chi connectivity index (χ0) is 31.2. The van der Waals surface area contributed by atoms with Gasteiger partial charge in [-0.2, -0.15) is 0 Å². The number of aryl methyl sites for hydroxylation is 1. The number of carbonyl (C=O) groups excluding carboxylic acids is 1. The third-order valence-electron chi connectivity index (χ3n) is 8.89. The van der Waals surface area contributed by atoms with Gasteiger partial charge in [0.25, 0.3) is 5.91 Å². The van der Waals surface area contributed by atoms with Crippen LogP contribution in [0.5, 0.6) is 0 Å². The fourth-order valence-electron chi connectivity index (χ4n) is 6.48. The highest BCUT2D eigenvalue weighted by Gasteiger charge is 2.23. The molecule has 6 aromatic rings. The molecule has 5 heteroatoms. The van der Waals surface area contributed by atoms with Crippen molar-refractivity contribution in [3.05, 3.63) is 144 Å². The van der Waals surface area contributed by atoms with Gasteiger partial charge in [0, 0.05) is 54.9 Å². The summed E-state index contributed by atoms with van der Waals surface area (Å²) in [5.74, 6) is -0.0482. The number of fused-ring (bicyclic) bond motifs is 2. The third kappa shape index (κ3) is 7.17. The van der Waals surface area contributed by atoms with Crippen LogP contribution >= 0.6 is 0 Å². The Kier molecular flexibility index (Phi) is 9.39. The molecule has 5 aromatic carbocycles. The van der Waals surface area contributed by atoms with Crippen LogP contribution < -0.4 is 10.6 Å². The van der Waals surface area contributed by atoms with Gasteiger partial charge in [-0.15, -0.1) is 0 Å². The monoisotopic (exact) mass is 594 g/mol. The molecule has 0 saturated carbocycles. The lowest BCUT2D eigenvalue weighted by Crippen LogP contribution is -2.49. The number of hydrogen-bond donors (Lipinski definition) is 2. The first-order valence-electron chi connectivity index (χ1n) is 15.8. The van der Waals surface area contributed by atoms with E-state index in [1.54, 1.807) is 0 Å². The van der Waals surface area contributed by atoms with E-state index in [0.717, 1.165) is 37.1 Å². The lowest BCUT2D eigenvalue weighted by molar-refractivity contribution is 0.0921. The number of para-hydroxylation sites is 1. The summed E-state index contributed by atoms with van der Waals surface area (Å²) in [6, 6.07) is 42.1. The van der Waals surface area contributed by atoms with Crippen molar-refractivity contribution in [1.82, 2.24) is 20.1 Å². The van der Waals surface area contributed by atoms with Crippen LogP contribution in [0.15, 0.2) is 128 Å². The predicted molar refractivity (Wildman–Crippen MR) is 188 cm³/mol. The minimum Gasteiger partial charge on any atom is -0.350 e. The number of benzene rings is 5. The Morgan fingerprint density at radius 3 is 2.24 bits per heavy atom. The van der Waals surface area contributed by atoms with Gasteiger partial charge in [0.05, 0.1) is 0 Å². The maximum Gasteiger partial charge on any atom is 0.251 e. The molecular weight excluding hydrogens is 552 g/mol. The van der Waals surface area contributed by atoms with Crippen LogP contribution in [0.4, 0.5) is 0 Å². The first kappa shape index (κ1) is 30.3. The highest BCUT2D eigenvalue weighted by atomic mass is 16.1. The van der Waals surface area contributed by atoms with E-state index in [1.807, 2.05) is 49.5 Å². The number of nitrogens with one attached hydrogen (secondary N) is 2. The highest BCUT2D eigenvalue weighted by molar-refractivity contribution is 5.95. The number of carbonyl (C=O) groups is 1. The van der Waals surface area contributed by atoms with Crippen LogP contribution in [0, 0.1) is 0 Å². The molecule has 2 N–H and O–H groups in total. The van der Waals surface area contributed by atoms with Crippen LogP contribution in [-0.2, 0) is 19.9 Å². The molecule has 5 nitrogen and oxygen atoms in total. The zero-order valence-electron chi connectivity index (χ0n) is 26.4. The van der Waals surface area contributed by atoms with Crippen molar-refractivity contribution in [1.29, 1.82) is 0 Å². The maximum atomic E-state index is 13.7. The second-order valence-electron chi connectivity index (χ2n) is 12.1. The van der Waals surface area contributed by atoms with Crippen molar-refractivity contribution in [3.8, 4) is 11.1 Å². The van der Waals surface area contributed by atoms with E-state index in [0.29, 0.717) is 5.56 Å². The topological polar surface area (TPSA) is 49.3 Å². The molecule has 0 radical (unpaired) electrons. The van der Waals surface area contributed by atoms with E-state index in [9.17, 15) is 4.79 Å². The lowest BCUT2D eigenvalue weighted by atomic mass is 9.99. The maximum absolute atomic E-state index is 13.7. The smallest absolute Gasteiger partial charge is 0.251 e. The van der Waals surface area contributed by atoms with Crippen molar-refractivity contribution in [2.75, 3.05) is 27.2 Å². The zero-order valence-corrected chi connectivity index (χ0v) is 26.4. The third-order valence-corrected chi connectivity index (χ3v) is 8.89. The first-order chi connectivity index (χ1) is 22.0. The van der Waals surface area contributed by atoms with Crippen molar-refractivity contribution in [3.63, 3.8) is 0 Å². The minimum atomic E-state index is -0.0851. The Balaban J connectivity index is 1.23. The fourth-order valence-corrected chi connectivity index (χ4v) is 6.48. The van der Waals surface area contributed by atoms with Gasteiger partial charge in [-0.3, -0.25) is 9.69 Å². The summed E-state index contributed by atoms with van der Waals surface area (Å²) in [7, 11) is 6.28. The van der Waals surface area contributed by atoms with Crippen molar-refractivity contribution in [2.45, 2.75) is 24.9 Å². The first-order valence-corrected chi connectivity index (χ1v) is 15.8. The summed E-state index contributed by atoms with van der Waals surface area (Å²) in [4.78, 5) is 16.1.